The number of carbonyl (C=O) groups excluding carboxylic acids is 1. The Hall–Kier alpha value is -1.87. The highest BCUT2D eigenvalue weighted by Crippen LogP contribution is 2.17. The highest BCUT2D eigenvalue weighted by atomic mass is 35.5. The lowest BCUT2D eigenvalue weighted by Gasteiger charge is -2.08. The summed E-state index contributed by atoms with van der Waals surface area (Å²) in [6.07, 6.45) is 3.17. The average molecular weight is 247 g/mol. The van der Waals surface area contributed by atoms with Gasteiger partial charge in [-0.1, -0.05) is 18.2 Å². The number of rotatable bonds is 3. The van der Waals surface area contributed by atoms with Gasteiger partial charge < -0.3 is 5.32 Å². The van der Waals surface area contributed by atoms with E-state index in [9.17, 15) is 4.79 Å². The summed E-state index contributed by atoms with van der Waals surface area (Å²) in [6.45, 7) is 0. The molecule has 4 heteroatoms. The number of para-hydroxylation sites is 1. The highest BCUT2D eigenvalue weighted by Gasteiger charge is 2.07. The number of anilines is 1. The Morgan fingerprint density at radius 1 is 1.18 bits per heavy atom. The van der Waals surface area contributed by atoms with Crippen LogP contribution in [0.3, 0.4) is 0 Å². The molecule has 2 rings (SSSR count). The number of amides is 1. The van der Waals surface area contributed by atoms with Crippen molar-refractivity contribution in [2.45, 2.75) is 5.88 Å². The van der Waals surface area contributed by atoms with Gasteiger partial charge in [0.15, 0.2) is 0 Å². The molecule has 0 radical (unpaired) electrons. The summed E-state index contributed by atoms with van der Waals surface area (Å²) in [5.41, 5.74) is 2.21. The standard InChI is InChI=1S/C13H11ClN2O/c14-9-11-3-1-2-4-12(11)16-13(17)10-5-7-15-8-6-10/h1-8H,9H2,(H,16,17). The van der Waals surface area contributed by atoms with Crippen molar-refractivity contribution in [1.82, 2.24) is 4.98 Å². The Kier molecular flexibility index (Phi) is 3.73. The number of pyridine rings is 1. The molecule has 1 amide bonds. The van der Waals surface area contributed by atoms with Crippen LogP contribution in [0.15, 0.2) is 48.8 Å². The summed E-state index contributed by atoms with van der Waals surface area (Å²) < 4.78 is 0. The molecule has 0 saturated heterocycles. The first-order chi connectivity index (χ1) is 8.31. The van der Waals surface area contributed by atoms with Crippen molar-refractivity contribution < 1.29 is 4.79 Å². The number of hydrogen-bond acceptors (Lipinski definition) is 2. The zero-order valence-corrected chi connectivity index (χ0v) is 9.82. The normalized spacial score (nSPS) is 9.94. The summed E-state index contributed by atoms with van der Waals surface area (Å²) in [5, 5.41) is 2.83. The van der Waals surface area contributed by atoms with Crippen LogP contribution < -0.4 is 5.32 Å². The predicted octanol–water partition coefficient (Wildman–Crippen LogP) is 3.07. The van der Waals surface area contributed by atoms with Crippen LogP contribution in [0.5, 0.6) is 0 Å². The molecular weight excluding hydrogens is 236 g/mol. The van der Waals surface area contributed by atoms with Crippen LogP contribution >= 0.6 is 11.6 Å². The second-order valence-electron chi connectivity index (χ2n) is 3.48. The molecule has 86 valence electrons. The van der Waals surface area contributed by atoms with E-state index in [-0.39, 0.29) is 5.91 Å². The number of hydrogen-bond donors (Lipinski definition) is 1. The maximum absolute atomic E-state index is 11.9. The molecule has 0 aliphatic carbocycles. The van der Waals surface area contributed by atoms with Crippen LogP contribution in [0.1, 0.15) is 15.9 Å². The molecule has 17 heavy (non-hydrogen) atoms. The van der Waals surface area contributed by atoms with Crippen molar-refractivity contribution in [2.24, 2.45) is 0 Å². The van der Waals surface area contributed by atoms with E-state index in [1.165, 1.54) is 0 Å². The molecular formula is C13H11ClN2O. The van der Waals surface area contributed by atoms with Crippen LogP contribution in [0, 0.1) is 0 Å². The molecule has 0 bridgehead atoms. The molecule has 0 saturated carbocycles. The van der Waals surface area contributed by atoms with Crippen LogP contribution in [0.2, 0.25) is 0 Å². The van der Waals surface area contributed by atoms with Crippen molar-refractivity contribution in [2.75, 3.05) is 5.32 Å². The van der Waals surface area contributed by atoms with Crippen molar-refractivity contribution in [1.29, 1.82) is 0 Å². The van der Waals surface area contributed by atoms with Gasteiger partial charge in [0.25, 0.3) is 5.91 Å². The summed E-state index contributed by atoms with van der Waals surface area (Å²) in [7, 11) is 0. The minimum Gasteiger partial charge on any atom is -0.322 e. The van der Waals surface area contributed by atoms with Gasteiger partial charge in [-0.2, -0.15) is 0 Å². The minimum atomic E-state index is -0.162. The summed E-state index contributed by atoms with van der Waals surface area (Å²) >= 11 is 5.80. The summed E-state index contributed by atoms with van der Waals surface area (Å²) in [6, 6.07) is 10.8. The smallest absolute Gasteiger partial charge is 0.255 e. The molecule has 1 aromatic carbocycles. The van der Waals surface area contributed by atoms with Crippen LogP contribution in [0.4, 0.5) is 5.69 Å². The molecule has 1 heterocycles. The number of nitrogens with one attached hydrogen (secondary N) is 1. The van der Waals surface area contributed by atoms with E-state index in [0.29, 0.717) is 11.4 Å². The third kappa shape index (κ3) is 2.82. The first kappa shape index (κ1) is 11.6. The van der Waals surface area contributed by atoms with E-state index in [4.69, 9.17) is 11.6 Å². The van der Waals surface area contributed by atoms with Gasteiger partial charge in [0.05, 0.1) is 0 Å². The first-order valence-corrected chi connectivity index (χ1v) is 5.70. The highest BCUT2D eigenvalue weighted by molar-refractivity contribution is 6.17. The van der Waals surface area contributed by atoms with Gasteiger partial charge in [0.1, 0.15) is 0 Å². The molecule has 0 fully saturated rings. The number of halogens is 1. The molecule has 3 nitrogen and oxygen atoms in total. The summed E-state index contributed by atoms with van der Waals surface area (Å²) in [5.74, 6) is 0.206. The van der Waals surface area contributed by atoms with E-state index in [1.807, 2.05) is 24.3 Å². The zero-order chi connectivity index (χ0) is 12.1. The lowest BCUT2D eigenvalue weighted by Crippen LogP contribution is -2.12. The molecule has 0 atom stereocenters. The van der Waals surface area contributed by atoms with Crippen molar-refractivity contribution >= 4 is 23.2 Å². The fourth-order valence-corrected chi connectivity index (χ4v) is 1.69. The topological polar surface area (TPSA) is 42.0 Å². The van der Waals surface area contributed by atoms with Gasteiger partial charge >= 0.3 is 0 Å². The third-order valence-corrected chi connectivity index (χ3v) is 2.64. The van der Waals surface area contributed by atoms with Gasteiger partial charge in [-0.05, 0) is 23.8 Å². The van der Waals surface area contributed by atoms with Gasteiger partial charge in [0.2, 0.25) is 0 Å². The minimum absolute atomic E-state index is 0.162. The van der Waals surface area contributed by atoms with Gasteiger partial charge in [-0.15, -0.1) is 11.6 Å². The second kappa shape index (κ2) is 5.46. The molecule has 0 aliphatic heterocycles. The lowest BCUT2D eigenvalue weighted by molar-refractivity contribution is 0.102. The predicted molar refractivity (Wildman–Crippen MR) is 68.2 cm³/mol. The molecule has 0 aliphatic rings. The fraction of sp³-hybridized carbons (Fsp3) is 0.0769. The van der Waals surface area contributed by atoms with E-state index in [2.05, 4.69) is 10.3 Å². The van der Waals surface area contributed by atoms with E-state index in [0.717, 1.165) is 11.3 Å². The quantitative estimate of drug-likeness (QED) is 0.846. The van der Waals surface area contributed by atoms with Crippen molar-refractivity contribution in [3.63, 3.8) is 0 Å². The summed E-state index contributed by atoms with van der Waals surface area (Å²) in [4.78, 5) is 15.8. The maximum Gasteiger partial charge on any atom is 0.255 e. The Labute approximate surface area is 104 Å². The number of benzene rings is 1. The van der Waals surface area contributed by atoms with Gasteiger partial charge in [-0.25, -0.2) is 0 Å². The third-order valence-electron chi connectivity index (χ3n) is 2.35. The van der Waals surface area contributed by atoms with Crippen LogP contribution in [-0.4, -0.2) is 10.9 Å². The monoisotopic (exact) mass is 246 g/mol. The maximum atomic E-state index is 11.9. The van der Waals surface area contributed by atoms with Gasteiger partial charge in [-0.3, -0.25) is 9.78 Å². The lowest BCUT2D eigenvalue weighted by atomic mass is 10.2. The van der Waals surface area contributed by atoms with Crippen molar-refractivity contribution in [3.8, 4) is 0 Å². The van der Waals surface area contributed by atoms with E-state index >= 15 is 0 Å². The average Bonchev–Trinajstić information content (AvgIpc) is 2.40. The van der Waals surface area contributed by atoms with Crippen molar-refractivity contribution in [3.05, 3.63) is 59.9 Å². The zero-order valence-electron chi connectivity index (χ0n) is 9.06. The number of nitrogens with zero attached hydrogens (tertiary/aromatic N) is 1. The van der Waals surface area contributed by atoms with Crippen LogP contribution in [0.25, 0.3) is 0 Å². The Balaban J connectivity index is 2.19. The largest absolute Gasteiger partial charge is 0.322 e. The van der Waals surface area contributed by atoms with E-state index in [1.54, 1.807) is 24.5 Å². The SMILES string of the molecule is O=C(Nc1ccccc1CCl)c1ccncc1. The molecule has 0 unspecified atom stereocenters. The molecule has 2 aromatic rings. The fourth-order valence-electron chi connectivity index (χ4n) is 1.46. The first-order valence-electron chi connectivity index (χ1n) is 5.16. The number of carbonyl (C=O) groups is 1. The molecule has 1 aromatic heterocycles. The number of alkyl halides is 1. The van der Waals surface area contributed by atoms with E-state index < -0.39 is 0 Å². The van der Waals surface area contributed by atoms with Crippen LogP contribution in [-0.2, 0) is 5.88 Å². The molecule has 0 spiro atoms. The second-order valence-corrected chi connectivity index (χ2v) is 3.75. The number of aromatic nitrogens is 1. The Morgan fingerprint density at radius 3 is 2.59 bits per heavy atom. The molecule has 1 N–H and O–H groups in total. The van der Waals surface area contributed by atoms with Gasteiger partial charge in [0, 0.05) is 29.5 Å². The Morgan fingerprint density at radius 2 is 1.88 bits per heavy atom. The Bertz CT molecular complexity index is 514.